The second-order valence-corrected chi connectivity index (χ2v) is 3.71. The molecule has 5 heteroatoms. The minimum atomic E-state index is 0.529. The Hall–Kier alpha value is -1.67. The molecule has 0 radical (unpaired) electrons. The standard InChI is InChI=1S/C11H17N5/c1-9-7-10(13-2)15-11(14-9)8-16(3)6-4-5-12/h7H,4,6,8H2,1-3H3,(H,13,14,15). The van der Waals surface area contributed by atoms with Crippen LogP contribution in [0.25, 0.3) is 0 Å². The molecule has 0 saturated heterocycles. The van der Waals surface area contributed by atoms with Crippen molar-refractivity contribution in [1.82, 2.24) is 14.9 Å². The molecule has 16 heavy (non-hydrogen) atoms. The highest BCUT2D eigenvalue weighted by Crippen LogP contribution is 2.06. The summed E-state index contributed by atoms with van der Waals surface area (Å²) < 4.78 is 0. The summed E-state index contributed by atoms with van der Waals surface area (Å²) in [5.41, 5.74) is 0.947. The largest absolute Gasteiger partial charge is 0.373 e. The van der Waals surface area contributed by atoms with Gasteiger partial charge >= 0.3 is 0 Å². The Balaban J connectivity index is 2.66. The van der Waals surface area contributed by atoms with Gasteiger partial charge in [0.1, 0.15) is 11.6 Å². The maximum atomic E-state index is 8.49. The number of anilines is 1. The molecule has 5 nitrogen and oxygen atoms in total. The van der Waals surface area contributed by atoms with Crippen molar-refractivity contribution in [3.05, 3.63) is 17.6 Å². The molecule has 1 aromatic heterocycles. The molecule has 0 unspecified atom stereocenters. The fourth-order valence-corrected chi connectivity index (χ4v) is 1.39. The molecule has 86 valence electrons. The highest BCUT2D eigenvalue weighted by molar-refractivity contribution is 5.34. The number of aromatic nitrogens is 2. The lowest BCUT2D eigenvalue weighted by Gasteiger charge is -2.14. The van der Waals surface area contributed by atoms with Crippen LogP contribution >= 0.6 is 0 Å². The van der Waals surface area contributed by atoms with Crippen molar-refractivity contribution in [2.45, 2.75) is 19.9 Å². The Labute approximate surface area is 96.1 Å². The van der Waals surface area contributed by atoms with Crippen molar-refractivity contribution in [2.24, 2.45) is 0 Å². The van der Waals surface area contributed by atoms with Crippen LogP contribution in [0.5, 0.6) is 0 Å². The number of rotatable bonds is 5. The summed E-state index contributed by atoms with van der Waals surface area (Å²) in [5, 5.41) is 11.5. The van der Waals surface area contributed by atoms with E-state index in [9.17, 15) is 0 Å². The summed E-state index contributed by atoms with van der Waals surface area (Å²) in [5.74, 6) is 1.61. The molecule has 1 heterocycles. The predicted octanol–water partition coefficient (Wildman–Crippen LogP) is 1.17. The van der Waals surface area contributed by atoms with E-state index in [1.807, 2.05) is 32.0 Å². The van der Waals surface area contributed by atoms with Crippen molar-refractivity contribution in [3.8, 4) is 6.07 Å². The van der Waals surface area contributed by atoms with E-state index in [-0.39, 0.29) is 0 Å². The van der Waals surface area contributed by atoms with Crippen LogP contribution in [0.2, 0.25) is 0 Å². The topological polar surface area (TPSA) is 64.8 Å². The molecule has 0 fully saturated rings. The van der Waals surface area contributed by atoms with Crippen LogP contribution in [0, 0.1) is 18.3 Å². The smallest absolute Gasteiger partial charge is 0.144 e. The fraction of sp³-hybridized carbons (Fsp3) is 0.545. The zero-order valence-corrected chi connectivity index (χ0v) is 9.99. The second-order valence-electron chi connectivity index (χ2n) is 3.71. The zero-order chi connectivity index (χ0) is 12.0. The van der Waals surface area contributed by atoms with Gasteiger partial charge in [0.2, 0.25) is 0 Å². The predicted molar refractivity (Wildman–Crippen MR) is 62.9 cm³/mol. The summed E-state index contributed by atoms with van der Waals surface area (Å²) >= 11 is 0. The van der Waals surface area contributed by atoms with E-state index in [1.165, 1.54) is 0 Å². The van der Waals surface area contributed by atoms with Crippen molar-refractivity contribution in [2.75, 3.05) is 26.0 Å². The Morgan fingerprint density at radius 2 is 2.25 bits per heavy atom. The number of nitrogens with zero attached hydrogens (tertiary/aromatic N) is 4. The highest BCUT2D eigenvalue weighted by Gasteiger charge is 2.04. The normalized spacial score (nSPS) is 10.2. The maximum Gasteiger partial charge on any atom is 0.144 e. The molecule has 0 aliphatic heterocycles. The molecule has 0 atom stereocenters. The first-order valence-corrected chi connectivity index (χ1v) is 5.23. The molecule has 0 amide bonds. The zero-order valence-electron chi connectivity index (χ0n) is 9.99. The van der Waals surface area contributed by atoms with Crippen molar-refractivity contribution < 1.29 is 0 Å². The fourth-order valence-electron chi connectivity index (χ4n) is 1.39. The van der Waals surface area contributed by atoms with Gasteiger partial charge in [-0.05, 0) is 14.0 Å². The van der Waals surface area contributed by atoms with Gasteiger partial charge in [0.25, 0.3) is 0 Å². The molecule has 1 rings (SSSR count). The Bertz CT molecular complexity index is 382. The third-order valence-electron chi connectivity index (χ3n) is 2.17. The molecule has 1 aromatic rings. The first-order chi connectivity index (χ1) is 7.65. The summed E-state index contributed by atoms with van der Waals surface area (Å²) in [6.45, 7) is 3.35. The third kappa shape index (κ3) is 3.83. The van der Waals surface area contributed by atoms with E-state index in [0.717, 1.165) is 23.9 Å². The molecule has 1 N–H and O–H groups in total. The van der Waals surface area contributed by atoms with Crippen LogP contribution in [-0.4, -0.2) is 35.5 Å². The van der Waals surface area contributed by atoms with E-state index in [2.05, 4.69) is 21.4 Å². The highest BCUT2D eigenvalue weighted by atomic mass is 15.1. The van der Waals surface area contributed by atoms with Gasteiger partial charge in [0.05, 0.1) is 12.6 Å². The average Bonchev–Trinajstić information content (AvgIpc) is 2.25. The van der Waals surface area contributed by atoms with Crippen LogP contribution in [-0.2, 0) is 6.54 Å². The molecule has 0 aliphatic carbocycles. The summed E-state index contributed by atoms with van der Waals surface area (Å²) in [6, 6.07) is 4.03. The monoisotopic (exact) mass is 219 g/mol. The molecule has 0 spiro atoms. The van der Waals surface area contributed by atoms with Gasteiger partial charge in [0, 0.05) is 31.8 Å². The number of nitriles is 1. The van der Waals surface area contributed by atoms with Gasteiger partial charge in [-0.15, -0.1) is 0 Å². The number of hydrogen-bond donors (Lipinski definition) is 1. The average molecular weight is 219 g/mol. The molecular weight excluding hydrogens is 202 g/mol. The SMILES string of the molecule is CNc1cc(C)nc(CN(C)CCC#N)n1. The lowest BCUT2D eigenvalue weighted by Crippen LogP contribution is -2.20. The number of aryl methyl sites for hydroxylation is 1. The van der Waals surface area contributed by atoms with Crippen LogP contribution < -0.4 is 5.32 Å². The van der Waals surface area contributed by atoms with E-state index in [1.54, 1.807) is 0 Å². The number of nitrogens with one attached hydrogen (secondary N) is 1. The Morgan fingerprint density at radius 1 is 1.50 bits per heavy atom. The first-order valence-electron chi connectivity index (χ1n) is 5.23. The third-order valence-corrected chi connectivity index (χ3v) is 2.17. The maximum absolute atomic E-state index is 8.49. The van der Waals surface area contributed by atoms with Crippen molar-refractivity contribution in [1.29, 1.82) is 5.26 Å². The summed E-state index contributed by atoms with van der Waals surface area (Å²) in [4.78, 5) is 10.7. The van der Waals surface area contributed by atoms with E-state index in [0.29, 0.717) is 13.0 Å². The molecule has 0 aliphatic rings. The van der Waals surface area contributed by atoms with Gasteiger partial charge in [0.15, 0.2) is 0 Å². The Morgan fingerprint density at radius 3 is 2.88 bits per heavy atom. The lowest BCUT2D eigenvalue weighted by atomic mass is 10.3. The second kappa shape index (κ2) is 6.03. The first kappa shape index (κ1) is 12.4. The van der Waals surface area contributed by atoms with Gasteiger partial charge < -0.3 is 5.32 Å². The van der Waals surface area contributed by atoms with Gasteiger partial charge in [-0.3, -0.25) is 4.90 Å². The van der Waals surface area contributed by atoms with Gasteiger partial charge in [-0.25, -0.2) is 9.97 Å². The Kier molecular flexibility index (Phi) is 4.67. The van der Waals surface area contributed by atoms with Crippen molar-refractivity contribution in [3.63, 3.8) is 0 Å². The van der Waals surface area contributed by atoms with E-state index >= 15 is 0 Å². The van der Waals surface area contributed by atoms with Gasteiger partial charge in [-0.2, -0.15) is 5.26 Å². The molecule has 0 saturated carbocycles. The minimum Gasteiger partial charge on any atom is -0.373 e. The van der Waals surface area contributed by atoms with Crippen LogP contribution in [0.15, 0.2) is 6.07 Å². The van der Waals surface area contributed by atoms with Crippen LogP contribution in [0.3, 0.4) is 0 Å². The summed E-state index contributed by atoms with van der Waals surface area (Å²) in [6.07, 6.45) is 0.529. The van der Waals surface area contributed by atoms with E-state index in [4.69, 9.17) is 5.26 Å². The number of hydrogen-bond acceptors (Lipinski definition) is 5. The minimum absolute atomic E-state index is 0.529. The van der Waals surface area contributed by atoms with Crippen LogP contribution in [0.4, 0.5) is 5.82 Å². The molecule has 0 bridgehead atoms. The molecular formula is C11H17N5. The summed E-state index contributed by atoms with van der Waals surface area (Å²) in [7, 11) is 3.80. The van der Waals surface area contributed by atoms with E-state index < -0.39 is 0 Å². The lowest BCUT2D eigenvalue weighted by molar-refractivity contribution is 0.326. The van der Waals surface area contributed by atoms with Crippen molar-refractivity contribution >= 4 is 5.82 Å². The van der Waals surface area contributed by atoms with Gasteiger partial charge in [-0.1, -0.05) is 0 Å². The van der Waals surface area contributed by atoms with Crippen LogP contribution in [0.1, 0.15) is 17.9 Å². The molecule has 0 aromatic carbocycles. The quantitative estimate of drug-likeness (QED) is 0.805.